The van der Waals surface area contributed by atoms with Crippen LogP contribution >= 0.6 is 11.3 Å². The van der Waals surface area contributed by atoms with Crippen LogP contribution in [0.2, 0.25) is 0 Å². The largest absolute Gasteiger partial charge is 0.420 e. The van der Waals surface area contributed by atoms with E-state index in [9.17, 15) is 26.4 Å². The fraction of sp³-hybridized carbons (Fsp3) is 0.348. The van der Waals surface area contributed by atoms with Crippen molar-refractivity contribution in [1.29, 1.82) is 0 Å². The molecule has 2 aliphatic heterocycles. The number of aromatic nitrogens is 2. The van der Waals surface area contributed by atoms with Crippen LogP contribution in [0.1, 0.15) is 27.7 Å². The number of aryl methyl sites for hydroxylation is 1. The maximum absolute atomic E-state index is 13.9. The number of hydrogen-bond acceptors (Lipinski definition) is 9. The number of thiophene rings is 1. The second-order valence-electron chi connectivity index (χ2n) is 8.66. The first-order valence-electron chi connectivity index (χ1n) is 11.3. The number of ether oxygens (including phenoxy) is 1. The van der Waals surface area contributed by atoms with Gasteiger partial charge in [-0.25, -0.2) is 18.4 Å². The lowest BCUT2D eigenvalue weighted by molar-refractivity contribution is -0.137. The molecule has 4 heterocycles. The molecule has 196 valence electrons. The van der Waals surface area contributed by atoms with Crippen LogP contribution in [-0.4, -0.2) is 60.7 Å². The maximum atomic E-state index is 13.9. The molecule has 2 aromatic heterocycles. The molecule has 0 radical (unpaired) electrons. The van der Waals surface area contributed by atoms with Crippen LogP contribution in [0.3, 0.4) is 0 Å². The molecule has 1 fully saturated rings. The van der Waals surface area contributed by atoms with Gasteiger partial charge in [-0.1, -0.05) is 6.92 Å². The summed E-state index contributed by atoms with van der Waals surface area (Å²) in [6.45, 7) is 2.45. The van der Waals surface area contributed by atoms with Gasteiger partial charge in [0.2, 0.25) is 5.95 Å². The van der Waals surface area contributed by atoms with Crippen molar-refractivity contribution in [3.63, 3.8) is 0 Å². The molecule has 3 aromatic rings. The lowest BCUT2D eigenvalue weighted by atomic mass is 10.1. The standard InChI is InChI=1S/C23H22F3N5O4S2/c1-2-12-7-13(27)3-4-16(12)29-22-28-9-15(23(24,25)26)19(30-22)17-8-18-20(36-17)21(32)31(14-10-35-11-14)5-6-37(18,33)34/h3-4,7-9,14H,2,5-6,10-11,27H2,1H3,(H,28,29,30). The van der Waals surface area contributed by atoms with Crippen LogP contribution in [0, 0.1) is 0 Å². The third-order valence-corrected chi connectivity index (χ3v) is 9.21. The third-order valence-electron chi connectivity index (χ3n) is 6.23. The van der Waals surface area contributed by atoms with Gasteiger partial charge in [-0.05, 0) is 36.2 Å². The Hall–Kier alpha value is -3.23. The average Bonchev–Trinajstić information content (AvgIpc) is 3.24. The number of rotatable bonds is 5. The normalized spacial score (nSPS) is 17.7. The Balaban J connectivity index is 1.61. The number of fused-ring (bicyclic) bond motifs is 1. The quantitative estimate of drug-likeness (QED) is 0.458. The van der Waals surface area contributed by atoms with Crippen molar-refractivity contribution >= 4 is 44.4 Å². The Kier molecular flexibility index (Phi) is 6.36. The Morgan fingerprint density at radius 3 is 2.68 bits per heavy atom. The highest BCUT2D eigenvalue weighted by molar-refractivity contribution is 7.91. The SMILES string of the molecule is CCc1cc(N)ccc1Nc1ncc(C(F)(F)F)c(-c2cc3c(s2)C(=O)N(C2COC2)CCS3(=O)=O)n1. The van der Waals surface area contributed by atoms with E-state index in [0.29, 0.717) is 35.3 Å². The van der Waals surface area contributed by atoms with Crippen molar-refractivity contribution < 1.29 is 31.1 Å². The second-order valence-corrected chi connectivity index (χ2v) is 11.8. The van der Waals surface area contributed by atoms with E-state index in [1.54, 1.807) is 18.2 Å². The first-order valence-corrected chi connectivity index (χ1v) is 13.8. The van der Waals surface area contributed by atoms with Gasteiger partial charge in [0, 0.05) is 24.1 Å². The molecule has 37 heavy (non-hydrogen) atoms. The summed E-state index contributed by atoms with van der Waals surface area (Å²) in [7, 11) is -3.91. The molecule has 5 rings (SSSR count). The third kappa shape index (κ3) is 4.76. The molecule has 3 N–H and O–H groups in total. The minimum atomic E-state index is -4.82. The molecule has 0 atom stereocenters. The monoisotopic (exact) mass is 553 g/mol. The number of nitrogens with zero attached hydrogens (tertiary/aromatic N) is 3. The Labute approximate surface area is 214 Å². The van der Waals surface area contributed by atoms with Crippen LogP contribution in [-0.2, 0) is 27.2 Å². The van der Waals surface area contributed by atoms with Gasteiger partial charge < -0.3 is 20.7 Å². The highest BCUT2D eigenvalue weighted by Crippen LogP contribution is 2.42. The highest BCUT2D eigenvalue weighted by Gasteiger charge is 2.41. The summed E-state index contributed by atoms with van der Waals surface area (Å²) >= 11 is 0.677. The van der Waals surface area contributed by atoms with Gasteiger partial charge in [0.15, 0.2) is 9.84 Å². The van der Waals surface area contributed by atoms with E-state index < -0.39 is 33.2 Å². The number of nitrogens with two attached hydrogens (primary N) is 1. The molecule has 0 unspecified atom stereocenters. The number of carbonyl (C=O) groups is 1. The molecule has 1 aromatic carbocycles. The smallest absolute Gasteiger partial charge is 0.399 e. The lowest BCUT2D eigenvalue weighted by Crippen LogP contribution is -2.52. The summed E-state index contributed by atoms with van der Waals surface area (Å²) in [5, 5.41) is 2.93. The number of carbonyl (C=O) groups excluding carboxylic acids is 1. The molecule has 0 aliphatic carbocycles. The first-order chi connectivity index (χ1) is 17.5. The molecule has 0 spiro atoms. The molecule has 14 heteroatoms. The fourth-order valence-electron chi connectivity index (χ4n) is 4.17. The molecule has 2 aliphatic rings. The van der Waals surface area contributed by atoms with Crippen LogP contribution in [0.5, 0.6) is 0 Å². The van der Waals surface area contributed by atoms with Gasteiger partial charge in [0.25, 0.3) is 5.91 Å². The molecule has 0 saturated carbocycles. The maximum Gasteiger partial charge on any atom is 0.420 e. The minimum absolute atomic E-state index is 0.0113. The summed E-state index contributed by atoms with van der Waals surface area (Å²) in [5.41, 5.74) is 6.08. The molecule has 9 nitrogen and oxygen atoms in total. The molecule has 1 saturated heterocycles. The van der Waals surface area contributed by atoms with E-state index >= 15 is 0 Å². The van der Waals surface area contributed by atoms with E-state index in [-0.39, 0.29) is 52.2 Å². The topological polar surface area (TPSA) is 128 Å². The number of benzene rings is 1. The van der Waals surface area contributed by atoms with Gasteiger partial charge in [-0.15, -0.1) is 11.3 Å². The number of amides is 1. The van der Waals surface area contributed by atoms with Crippen LogP contribution < -0.4 is 11.1 Å². The zero-order valence-electron chi connectivity index (χ0n) is 19.5. The first kappa shape index (κ1) is 25.4. The molecule has 0 bridgehead atoms. The number of anilines is 3. The van der Waals surface area contributed by atoms with Crippen molar-refractivity contribution in [2.24, 2.45) is 0 Å². The lowest BCUT2D eigenvalue weighted by Gasteiger charge is -2.36. The van der Waals surface area contributed by atoms with Crippen molar-refractivity contribution in [1.82, 2.24) is 14.9 Å². The van der Waals surface area contributed by atoms with E-state index in [1.165, 1.54) is 4.90 Å². The summed E-state index contributed by atoms with van der Waals surface area (Å²) < 4.78 is 72.9. The molecular weight excluding hydrogens is 531 g/mol. The predicted molar refractivity (Wildman–Crippen MR) is 132 cm³/mol. The van der Waals surface area contributed by atoms with Gasteiger partial charge in [0.05, 0.1) is 40.5 Å². The number of sulfone groups is 1. The van der Waals surface area contributed by atoms with Crippen molar-refractivity contribution in [2.45, 2.75) is 30.5 Å². The summed E-state index contributed by atoms with van der Waals surface area (Å²) in [6.07, 6.45) is -3.57. The van der Waals surface area contributed by atoms with Crippen LogP contribution in [0.4, 0.5) is 30.5 Å². The van der Waals surface area contributed by atoms with Crippen LogP contribution in [0.15, 0.2) is 35.4 Å². The van der Waals surface area contributed by atoms with E-state index in [4.69, 9.17) is 10.5 Å². The minimum Gasteiger partial charge on any atom is -0.399 e. The fourth-order valence-corrected chi connectivity index (χ4v) is 7.09. The van der Waals surface area contributed by atoms with Gasteiger partial charge in [-0.3, -0.25) is 4.79 Å². The summed E-state index contributed by atoms with van der Waals surface area (Å²) in [6, 6.07) is 5.88. The second kappa shape index (κ2) is 9.26. The predicted octanol–water partition coefficient (Wildman–Crippen LogP) is 3.74. The van der Waals surface area contributed by atoms with Gasteiger partial charge in [-0.2, -0.15) is 13.2 Å². The van der Waals surface area contributed by atoms with Crippen LogP contribution in [0.25, 0.3) is 10.6 Å². The molecular formula is C23H22F3N5O4S2. The van der Waals surface area contributed by atoms with Gasteiger partial charge in [0.1, 0.15) is 10.4 Å². The van der Waals surface area contributed by atoms with Crippen molar-refractivity contribution in [3.05, 3.63) is 46.5 Å². The average molecular weight is 554 g/mol. The highest BCUT2D eigenvalue weighted by atomic mass is 32.2. The number of halogens is 3. The number of hydrogen-bond donors (Lipinski definition) is 2. The Bertz CT molecular complexity index is 1490. The summed E-state index contributed by atoms with van der Waals surface area (Å²) in [4.78, 5) is 22.1. The molecule has 1 amide bonds. The Morgan fingerprint density at radius 2 is 2.03 bits per heavy atom. The zero-order chi connectivity index (χ0) is 26.5. The van der Waals surface area contributed by atoms with E-state index in [0.717, 1.165) is 11.6 Å². The summed E-state index contributed by atoms with van der Waals surface area (Å²) in [5.74, 6) is -0.998. The number of alkyl halides is 3. The number of nitrogens with one attached hydrogen (secondary N) is 1. The zero-order valence-corrected chi connectivity index (χ0v) is 21.1. The Morgan fingerprint density at radius 1 is 1.27 bits per heavy atom. The van der Waals surface area contributed by atoms with E-state index in [2.05, 4.69) is 15.3 Å². The van der Waals surface area contributed by atoms with Gasteiger partial charge >= 0.3 is 6.18 Å². The number of nitrogen functional groups attached to an aromatic ring is 1. The van der Waals surface area contributed by atoms with Crippen molar-refractivity contribution in [2.75, 3.05) is 36.6 Å². The van der Waals surface area contributed by atoms with E-state index in [1.807, 2.05) is 6.92 Å². The van der Waals surface area contributed by atoms with Crippen molar-refractivity contribution in [3.8, 4) is 10.6 Å².